The molecule has 1 saturated carbocycles. The first-order chi connectivity index (χ1) is 12.6. The summed E-state index contributed by atoms with van der Waals surface area (Å²) in [6, 6.07) is 9.35. The van der Waals surface area contributed by atoms with Crippen LogP contribution in [0.5, 0.6) is 11.5 Å². The lowest BCUT2D eigenvalue weighted by Gasteiger charge is -2.26. The van der Waals surface area contributed by atoms with Gasteiger partial charge < -0.3 is 20.3 Å². The van der Waals surface area contributed by atoms with Crippen molar-refractivity contribution in [3.8, 4) is 22.8 Å². The van der Waals surface area contributed by atoms with Crippen LogP contribution in [0, 0.1) is 0 Å². The van der Waals surface area contributed by atoms with Crippen molar-refractivity contribution in [3.05, 3.63) is 36.5 Å². The molecule has 0 bridgehead atoms. The number of benzene rings is 1. The van der Waals surface area contributed by atoms with E-state index in [2.05, 4.69) is 15.4 Å². The van der Waals surface area contributed by atoms with Gasteiger partial charge in [0.2, 0.25) is 0 Å². The molecule has 0 amide bonds. The van der Waals surface area contributed by atoms with Gasteiger partial charge in [0.15, 0.2) is 17.1 Å². The van der Waals surface area contributed by atoms with Gasteiger partial charge in [-0.3, -0.25) is 0 Å². The smallest absolute Gasteiger partial charge is 0.161 e. The standard InChI is InChI=1S/C19H22N4O3/c1-26-17-10-12(2-7-16(17)25)15-11-20-19-9-8-18(22-23(15)19)21-13-3-5-14(24)6-4-13/h2,7-11,13-14,24-25H,3-6H2,1H3,(H,21,22). The summed E-state index contributed by atoms with van der Waals surface area (Å²) in [6.45, 7) is 0. The number of aromatic hydroxyl groups is 1. The van der Waals surface area contributed by atoms with Crippen molar-refractivity contribution in [2.75, 3.05) is 12.4 Å². The lowest BCUT2D eigenvalue weighted by Crippen LogP contribution is -2.28. The highest BCUT2D eigenvalue weighted by molar-refractivity contribution is 5.67. The van der Waals surface area contributed by atoms with Gasteiger partial charge in [0.25, 0.3) is 0 Å². The van der Waals surface area contributed by atoms with Crippen LogP contribution in [0.25, 0.3) is 16.9 Å². The van der Waals surface area contributed by atoms with E-state index in [4.69, 9.17) is 4.74 Å². The number of nitrogens with zero attached hydrogens (tertiary/aromatic N) is 3. The zero-order valence-corrected chi connectivity index (χ0v) is 14.6. The van der Waals surface area contributed by atoms with Gasteiger partial charge in [-0.1, -0.05) is 0 Å². The molecule has 1 fully saturated rings. The highest BCUT2D eigenvalue weighted by Crippen LogP contribution is 2.31. The fraction of sp³-hybridized carbons (Fsp3) is 0.368. The minimum Gasteiger partial charge on any atom is -0.504 e. The lowest BCUT2D eigenvalue weighted by molar-refractivity contribution is 0.126. The first-order valence-electron chi connectivity index (χ1n) is 8.81. The minimum atomic E-state index is -0.173. The third-order valence-corrected chi connectivity index (χ3v) is 4.89. The summed E-state index contributed by atoms with van der Waals surface area (Å²) >= 11 is 0. The third kappa shape index (κ3) is 3.17. The molecule has 3 N–H and O–H groups in total. The van der Waals surface area contributed by atoms with Crippen LogP contribution >= 0.6 is 0 Å². The first-order valence-corrected chi connectivity index (χ1v) is 8.81. The Bertz CT molecular complexity index is 916. The van der Waals surface area contributed by atoms with Crippen LogP contribution in [-0.4, -0.2) is 44.1 Å². The molecule has 26 heavy (non-hydrogen) atoms. The van der Waals surface area contributed by atoms with E-state index in [0.29, 0.717) is 11.8 Å². The average molecular weight is 354 g/mol. The largest absolute Gasteiger partial charge is 0.504 e. The van der Waals surface area contributed by atoms with Gasteiger partial charge >= 0.3 is 0 Å². The molecule has 3 aromatic rings. The molecule has 1 aromatic carbocycles. The number of phenols is 1. The summed E-state index contributed by atoms with van der Waals surface area (Å²) in [6.07, 6.45) is 5.11. The molecule has 7 heteroatoms. The number of hydrogen-bond acceptors (Lipinski definition) is 6. The number of nitrogens with one attached hydrogen (secondary N) is 1. The normalized spacial score (nSPS) is 20.2. The molecule has 0 saturated heterocycles. The van der Waals surface area contributed by atoms with E-state index in [-0.39, 0.29) is 11.9 Å². The van der Waals surface area contributed by atoms with Gasteiger partial charge in [0, 0.05) is 11.6 Å². The summed E-state index contributed by atoms with van der Waals surface area (Å²) in [5, 5.41) is 27.6. The number of hydrogen-bond donors (Lipinski definition) is 3. The molecular formula is C19H22N4O3. The van der Waals surface area contributed by atoms with E-state index in [9.17, 15) is 10.2 Å². The number of aliphatic hydroxyl groups excluding tert-OH is 1. The summed E-state index contributed by atoms with van der Waals surface area (Å²) in [4.78, 5) is 4.41. The Kier molecular flexibility index (Phi) is 4.38. The Morgan fingerprint density at radius 2 is 1.96 bits per heavy atom. The fourth-order valence-electron chi connectivity index (χ4n) is 3.41. The Hall–Kier alpha value is -2.80. The van der Waals surface area contributed by atoms with Crippen LogP contribution in [0.2, 0.25) is 0 Å². The molecule has 0 aliphatic heterocycles. The molecule has 4 rings (SSSR count). The van der Waals surface area contributed by atoms with Gasteiger partial charge in [-0.25, -0.2) is 9.50 Å². The van der Waals surface area contributed by atoms with Crippen LogP contribution in [-0.2, 0) is 0 Å². The van der Waals surface area contributed by atoms with Crippen LogP contribution in [0.3, 0.4) is 0 Å². The minimum absolute atomic E-state index is 0.0971. The predicted octanol–water partition coefficient (Wildman–Crippen LogP) is 2.83. The Balaban J connectivity index is 1.64. The van der Waals surface area contributed by atoms with Crippen molar-refractivity contribution in [1.29, 1.82) is 0 Å². The van der Waals surface area contributed by atoms with Crippen molar-refractivity contribution in [1.82, 2.24) is 14.6 Å². The number of imidazole rings is 1. The second-order valence-electron chi connectivity index (χ2n) is 6.67. The monoisotopic (exact) mass is 354 g/mol. The van der Waals surface area contributed by atoms with Gasteiger partial charge in [-0.05, 0) is 56.0 Å². The van der Waals surface area contributed by atoms with Gasteiger partial charge in [0.05, 0.1) is 25.1 Å². The Morgan fingerprint density at radius 3 is 2.73 bits per heavy atom. The number of ether oxygens (including phenoxy) is 1. The molecule has 136 valence electrons. The van der Waals surface area contributed by atoms with Crippen molar-refractivity contribution < 1.29 is 14.9 Å². The van der Waals surface area contributed by atoms with E-state index in [0.717, 1.165) is 48.4 Å². The van der Waals surface area contributed by atoms with E-state index in [1.807, 2.05) is 18.2 Å². The maximum absolute atomic E-state index is 9.80. The molecule has 0 radical (unpaired) electrons. The maximum Gasteiger partial charge on any atom is 0.161 e. The molecule has 2 heterocycles. The van der Waals surface area contributed by atoms with E-state index in [1.165, 1.54) is 7.11 Å². The van der Waals surface area contributed by atoms with Crippen LogP contribution in [0.15, 0.2) is 36.5 Å². The zero-order valence-electron chi connectivity index (χ0n) is 14.6. The van der Waals surface area contributed by atoms with Crippen molar-refractivity contribution >= 4 is 11.5 Å². The SMILES string of the molecule is COc1cc(-c2cnc3ccc(NC4CCC(O)CC4)nn23)ccc1O. The molecular weight excluding hydrogens is 332 g/mol. The highest BCUT2D eigenvalue weighted by Gasteiger charge is 2.20. The molecule has 2 aromatic heterocycles. The highest BCUT2D eigenvalue weighted by atomic mass is 16.5. The number of methoxy groups -OCH3 is 1. The summed E-state index contributed by atoms with van der Waals surface area (Å²) < 4.78 is 6.98. The molecule has 1 aliphatic rings. The predicted molar refractivity (Wildman–Crippen MR) is 98.5 cm³/mol. The van der Waals surface area contributed by atoms with Crippen LogP contribution in [0.4, 0.5) is 5.82 Å². The van der Waals surface area contributed by atoms with Gasteiger partial charge in [0.1, 0.15) is 5.82 Å². The topological polar surface area (TPSA) is 91.9 Å². The second-order valence-corrected chi connectivity index (χ2v) is 6.67. The van der Waals surface area contributed by atoms with Crippen molar-refractivity contribution in [3.63, 3.8) is 0 Å². The average Bonchev–Trinajstić information content (AvgIpc) is 3.07. The number of aliphatic hydroxyl groups is 1. The lowest BCUT2D eigenvalue weighted by atomic mass is 9.93. The number of rotatable bonds is 4. The van der Waals surface area contributed by atoms with E-state index < -0.39 is 0 Å². The summed E-state index contributed by atoms with van der Waals surface area (Å²) in [5.74, 6) is 1.29. The quantitative estimate of drug-likeness (QED) is 0.667. The summed E-state index contributed by atoms with van der Waals surface area (Å²) in [7, 11) is 1.52. The van der Waals surface area contributed by atoms with E-state index in [1.54, 1.807) is 22.8 Å². The fourth-order valence-corrected chi connectivity index (χ4v) is 3.41. The number of aromatic nitrogens is 3. The zero-order chi connectivity index (χ0) is 18.1. The second kappa shape index (κ2) is 6.84. The molecule has 1 aliphatic carbocycles. The molecule has 0 unspecified atom stereocenters. The van der Waals surface area contributed by atoms with Crippen molar-refractivity contribution in [2.45, 2.75) is 37.8 Å². The maximum atomic E-state index is 9.80. The summed E-state index contributed by atoms with van der Waals surface area (Å²) in [5.41, 5.74) is 2.43. The third-order valence-electron chi connectivity index (χ3n) is 4.89. The number of fused-ring (bicyclic) bond motifs is 1. The Morgan fingerprint density at radius 1 is 1.15 bits per heavy atom. The Labute approximate surface area is 151 Å². The first kappa shape index (κ1) is 16.7. The molecule has 0 atom stereocenters. The number of anilines is 1. The van der Waals surface area contributed by atoms with E-state index >= 15 is 0 Å². The van der Waals surface area contributed by atoms with Crippen LogP contribution < -0.4 is 10.1 Å². The number of phenolic OH excluding ortho intramolecular Hbond substituents is 1. The van der Waals surface area contributed by atoms with Crippen LogP contribution in [0.1, 0.15) is 25.7 Å². The van der Waals surface area contributed by atoms with Gasteiger partial charge in [-0.15, -0.1) is 5.10 Å². The molecule has 0 spiro atoms. The van der Waals surface area contributed by atoms with Crippen molar-refractivity contribution in [2.24, 2.45) is 0 Å². The molecule has 7 nitrogen and oxygen atoms in total. The van der Waals surface area contributed by atoms with Gasteiger partial charge in [-0.2, -0.15) is 0 Å².